The molecule has 0 radical (unpaired) electrons. The van der Waals surface area contributed by atoms with Crippen molar-refractivity contribution in [3.8, 4) is 0 Å². The number of hydrogen-bond acceptors (Lipinski definition) is 8. The van der Waals surface area contributed by atoms with Crippen molar-refractivity contribution in [2.24, 2.45) is 17.3 Å². The van der Waals surface area contributed by atoms with Crippen LogP contribution in [0.1, 0.15) is 51.9 Å². The second-order valence-electron chi connectivity index (χ2n) is 10.1. The lowest BCUT2D eigenvalue weighted by atomic mass is 9.47. The molecule has 216 valence electrons. The molecule has 4 aliphatic carbocycles. The van der Waals surface area contributed by atoms with Crippen molar-refractivity contribution in [3.05, 3.63) is 0 Å². The van der Waals surface area contributed by atoms with Gasteiger partial charge in [-0.1, -0.05) is 0 Å². The molecule has 0 aromatic heterocycles. The first-order valence-electron chi connectivity index (χ1n) is 11.3. The molecule has 3 N–H and O–H groups in total. The lowest BCUT2D eigenvalue weighted by Crippen LogP contribution is -2.64. The highest BCUT2D eigenvalue weighted by molar-refractivity contribution is 7.87. The Hall–Kier alpha value is -1.27. The molecule has 4 rings (SSSR count). The van der Waals surface area contributed by atoms with Crippen molar-refractivity contribution in [1.82, 2.24) is 0 Å². The summed E-state index contributed by atoms with van der Waals surface area (Å²) in [5, 5.41) is 15.5. The highest BCUT2D eigenvalue weighted by Crippen LogP contribution is 2.63. The Labute approximate surface area is 207 Å². The van der Waals surface area contributed by atoms with Crippen LogP contribution < -0.4 is 0 Å². The number of ether oxygens (including phenoxy) is 3. The minimum Gasteiger partial charge on any atom is -0.462 e. The summed E-state index contributed by atoms with van der Waals surface area (Å²) >= 11 is 0. The summed E-state index contributed by atoms with van der Waals surface area (Å²) in [5.41, 5.74) is -2.74. The number of halogens is 7. The number of aliphatic hydroxyl groups is 2. The Morgan fingerprint density at radius 1 is 1.05 bits per heavy atom. The number of aliphatic hydroxyl groups excluding tert-OH is 1. The smallest absolute Gasteiger partial charge is 0.455 e. The van der Waals surface area contributed by atoms with Gasteiger partial charge in [0.2, 0.25) is 0 Å². The molecule has 0 aliphatic heterocycles. The van der Waals surface area contributed by atoms with E-state index < -0.39 is 76.2 Å². The van der Waals surface area contributed by atoms with Gasteiger partial charge < -0.3 is 24.4 Å². The number of alkyl halides is 7. The Bertz CT molecular complexity index is 973. The molecule has 4 saturated carbocycles. The predicted molar refractivity (Wildman–Crippen MR) is 107 cm³/mol. The van der Waals surface area contributed by atoms with Crippen molar-refractivity contribution in [1.29, 1.82) is 0 Å². The fourth-order valence-corrected chi connectivity index (χ4v) is 6.62. The number of esters is 1. The van der Waals surface area contributed by atoms with Gasteiger partial charge in [0.05, 0.1) is 18.8 Å². The number of carbonyl (C=O) groups excluding carboxylic acids is 1. The zero-order valence-electron chi connectivity index (χ0n) is 19.4. The Morgan fingerprint density at radius 2 is 1.59 bits per heavy atom. The molecule has 4 aliphatic rings. The maximum absolute atomic E-state index is 14.2. The van der Waals surface area contributed by atoms with Crippen LogP contribution >= 0.6 is 0 Å². The minimum absolute atomic E-state index is 0.127. The molecule has 17 heteroatoms. The van der Waals surface area contributed by atoms with E-state index in [2.05, 4.69) is 9.47 Å². The number of carbonyl (C=O) groups is 1. The largest absolute Gasteiger partial charge is 0.462 e. The summed E-state index contributed by atoms with van der Waals surface area (Å²) in [6, 6.07) is 0. The van der Waals surface area contributed by atoms with Gasteiger partial charge in [0.1, 0.15) is 0 Å². The van der Waals surface area contributed by atoms with Crippen molar-refractivity contribution in [3.63, 3.8) is 0 Å². The van der Waals surface area contributed by atoms with E-state index in [9.17, 15) is 54.2 Å². The maximum Gasteiger partial charge on any atom is 0.455 e. The van der Waals surface area contributed by atoms with Crippen molar-refractivity contribution >= 4 is 16.1 Å². The first-order valence-corrected chi connectivity index (χ1v) is 12.8. The zero-order chi connectivity index (χ0) is 28.3. The van der Waals surface area contributed by atoms with Gasteiger partial charge in [0.15, 0.2) is 6.29 Å². The van der Waals surface area contributed by atoms with Gasteiger partial charge >= 0.3 is 39.2 Å². The van der Waals surface area contributed by atoms with Gasteiger partial charge in [-0.3, -0.25) is 4.55 Å². The summed E-state index contributed by atoms with van der Waals surface area (Å²) < 4.78 is 140. The van der Waals surface area contributed by atoms with E-state index in [4.69, 9.17) is 9.29 Å². The summed E-state index contributed by atoms with van der Waals surface area (Å²) in [7, 11) is -6.68. The van der Waals surface area contributed by atoms with E-state index in [1.165, 1.54) is 0 Å². The summed E-state index contributed by atoms with van der Waals surface area (Å²) in [4.78, 5) is 12.4. The van der Waals surface area contributed by atoms with Crippen LogP contribution in [-0.2, 0) is 29.1 Å². The highest BCUT2D eigenvalue weighted by Gasteiger charge is 2.70. The van der Waals surface area contributed by atoms with E-state index in [1.54, 1.807) is 0 Å². The molecule has 4 bridgehead atoms. The lowest BCUT2D eigenvalue weighted by Gasteiger charge is -2.61. The zero-order valence-corrected chi connectivity index (χ0v) is 20.3. The predicted octanol–water partition coefficient (Wildman–Crippen LogP) is 3.00. The summed E-state index contributed by atoms with van der Waals surface area (Å²) in [5.74, 6) is -12.8. The molecule has 0 heterocycles. The van der Waals surface area contributed by atoms with Gasteiger partial charge in [-0.25, -0.2) is 4.79 Å². The van der Waals surface area contributed by atoms with Crippen LogP contribution in [-0.4, -0.2) is 77.4 Å². The first-order chi connectivity index (χ1) is 16.6. The van der Waals surface area contributed by atoms with E-state index in [-0.39, 0.29) is 31.1 Å². The van der Waals surface area contributed by atoms with Crippen LogP contribution in [0, 0.1) is 17.3 Å². The van der Waals surface area contributed by atoms with Crippen molar-refractivity contribution in [2.75, 3.05) is 13.2 Å². The molecule has 4 fully saturated rings. The molecular weight excluding hydrogens is 549 g/mol. The van der Waals surface area contributed by atoms with Crippen LogP contribution in [0.25, 0.3) is 0 Å². The minimum atomic E-state index is -6.68. The quantitative estimate of drug-likeness (QED) is 0.147. The third kappa shape index (κ3) is 5.31. The van der Waals surface area contributed by atoms with Crippen LogP contribution in [0.15, 0.2) is 0 Å². The Kier molecular flexibility index (Phi) is 7.72. The Balaban J connectivity index is 1.90. The molecule has 0 amide bonds. The molecule has 0 saturated heterocycles. The molecule has 0 spiro atoms. The first kappa shape index (κ1) is 30.3. The second kappa shape index (κ2) is 9.43. The van der Waals surface area contributed by atoms with Gasteiger partial charge in [0.25, 0.3) is 0 Å². The third-order valence-corrected chi connectivity index (χ3v) is 8.21. The third-order valence-electron chi connectivity index (χ3n) is 7.27. The highest BCUT2D eigenvalue weighted by atomic mass is 32.2. The topological polar surface area (TPSA) is 140 Å². The monoisotopic (exact) mass is 576 g/mol. The molecule has 37 heavy (non-hydrogen) atoms. The van der Waals surface area contributed by atoms with Crippen LogP contribution in [0.4, 0.5) is 30.7 Å². The number of hydrogen-bond donors (Lipinski definition) is 3. The summed E-state index contributed by atoms with van der Waals surface area (Å²) in [6.07, 6.45) is -9.29. The van der Waals surface area contributed by atoms with Crippen molar-refractivity contribution in [2.45, 2.75) is 86.9 Å². The standard InChI is InChI=1S/C20H27F7O9S/c1-2-34-14(29)18(19(23,24)25,35-4-3-17(21,22)20(26,27)37(31,32)33)36-13(28)15-6-11-5-12(7-15)9-16(30,8-11)10-15/h11-13,28,30H,2-10H2,1H3,(H,31,32,33). The molecule has 0 aromatic carbocycles. The van der Waals surface area contributed by atoms with Crippen LogP contribution in [0.3, 0.4) is 0 Å². The lowest BCUT2D eigenvalue weighted by molar-refractivity contribution is -0.415. The van der Waals surface area contributed by atoms with Crippen molar-refractivity contribution < 1.29 is 72.9 Å². The van der Waals surface area contributed by atoms with E-state index >= 15 is 0 Å². The average molecular weight is 576 g/mol. The summed E-state index contributed by atoms with van der Waals surface area (Å²) in [6.45, 7) is -1.64. The molecule has 9 nitrogen and oxygen atoms in total. The van der Waals surface area contributed by atoms with Gasteiger partial charge in [-0.2, -0.15) is 39.2 Å². The molecule has 4 atom stereocenters. The van der Waals surface area contributed by atoms with E-state index in [0.29, 0.717) is 19.3 Å². The molecular formula is C20H27F7O9S. The average Bonchev–Trinajstić information content (AvgIpc) is 2.69. The van der Waals surface area contributed by atoms with E-state index in [0.717, 1.165) is 6.92 Å². The molecule has 0 aromatic rings. The van der Waals surface area contributed by atoms with Gasteiger partial charge in [-0.05, 0) is 57.3 Å². The van der Waals surface area contributed by atoms with E-state index in [1.807, 2.05) is 0 Å². The second-order valence-corrected chi connectivity index (χ2v) is 11.6. The fourth-order valence-electron chi connectivity index (χ4n) is 6.14. The van der Waals surface area contributed by atoms with Crippen LogP contribution in [0.5, 0.6) is 0 Å². The maximum atomic E-state index is 14.2. The normalized spacial score (nSPS) is 32.7. The number of rotatable bonds is 11. The van der Waals surface area contributed by atoms with Gasteiger partial charge in [-0.15, -0.1) is 0 Å². The van der Waals surface area contributed by atoms with Crippen LogP contribution in [0.2, 0.25) is 0 Å². The van der Waals surface area contributed by atoms with Gasteiger partial charge in [0, 0.05) is 11.8 Å². The molecule has 4 unspecified atom stereocenters. The SMILES string of the molecule is CCOC(=O)C(OCCC(F)(F)C(F)(F)S(=O)(=O)O)(OC(O)C12CC3CC(CC(O)(C3)C1)C2)C(F)(F)F. The Morgan fingerprint density at radius 3 is 2.03 bits per heavy atom. The fraction of sp³-hybridized carbons (Fsp3) is 0.950.